The molecule has 2 aromatic carbocycles. The maximum Gasteiger partial charge on any atom is 0.251 e. The van der Waals surface area contributed by atoms with Crippen molar-refractivity contribution in [1.29, 1.82) is 0 Å². The van der Waals surface area contributed by atoms with Crippen molar-refractivity contribution in [2.45, 2.75) is 6.42 Å². The predicted molar refractivity (Wildman–Crippen MR) is 79.9 cm³/mol. The quantitative estimate of drug-likeness (QED) is 0.819. The van der Waals surface area contributed by atoms with Gasteiger partial charge in [0.2, 0.25) is 0 Å². The molecule has 0 aliphatic heterocycles. The summed E-state index contributed by atoms with van der Waals surface area (Å²) < 4.78 is 5.67. The number of hydrogen-bond donors (Lipinski definition) is 2. The molecule has 0 heterocycles. The highest BCUT2D eigenvalue weighted by Gasteiger charge is 2.07. The molecule has 0 radical (unpaired) electrons. The van der Waals surface area contributed by atoms with Crippen LogP contribution in [-0.2, 0) is 6.42 Å². The number of benzene rings is 2. The average Bonchev–Trinajstić information content (AvgIpc) is 2.49. The van der Waals surface area contributed by atoms with E-state index in [0.29, 0.717) is 23.6 Å². The number of carbonyl (C=O) groups is 1. The second kappa shape index (κ2) is 6.61. The molecular formula is C16H18N2O2. The second-order valence-corrected chi connectivity index (χ2v) is 4.42. The molecule has 0 aliphatic rings. The van der Waals surface area contributed by atoms with E-state index in [1.54, 1.807) is 25.2 Å². The van der Waals surface area contributed by atoms with Gasteiger partial charge in [-0.25, -0.2) is 0 Å². The van der Waals surface area contributed by atoms with Gasteiger partial charge in [0.05, 0.1) is 12.3 Å². The van der Waals surface area contributed by atoms with E-state index in [9.17, 15) is 4.79 Å². The van der Waals surface area contributed by atoms with Crippen LogP contribution in [0.15, 0.2) is 48.5 Å². The third-order valence-electron chi connectivity index (χ3n) is 2.99. The molecule has 0 unspecified atom stereocenters. The van der Waals surface area contributed by atoms with E-state index in [2.05, 4.69) is 5.32 Å². The minimum absolute atomic E-state index is 0.155. The molecule has 0 bridgehead atoms. The lowest BCUT2D eigenvalue weighted by molar-refractivity contribution is 0.0962. The average molecular weight is 270 g/mol. The standard InChI is InChI=1S/C16H18N2O2/c1-18-16(19)13-7-8-14(17)15(11-13)20-10-9-12-5-3-2-4-6-12/h2-8,11H,9-10,17H2,1H3,(H,18,19). The zero-order valence-corrected chi connectivity index (χ0v) is 11.4. The van der Waals surface area contributed by atoms with Gasteiger partial charge in [0.15, 0.2) is 0 Å². The SMILES string of the molecule is CNC(=O)c1ccc(N)c(OCCc2ccccc2)c1. The molecule has 4 nitrogen and oxygen atoms in total. The summed E-state index contributed by atoms with van der Waals surface area (Å²) in [4.78, 5) is 11.6. The highest BCUT2D eigenvalue weighted by Crippen LogP contribution is 2.23. The Morgan fingerprint density at radius 1 is 1.20 bits per heavy atom. The van der Waals surface area contributed by atoms with Crippen molar-refractivity contribution in [3.63, 3.8) is 0 Å². The molecule has 2 aromatic rings. The van der Waals surface area contributed by atoms with Crippen LogP contribution in [0.1, 0.15) is 15.9 Å². The normalized spacial score (nSPS) is 10.1. The Labute approximate surface area is 118 Å². The molecule has 3 N–H and O–H groups in total. The lowest BCUT2D eigenvalue weighted by atomic mass is 10.1. The zero-order valence-electron chi connectivity index (χ0n) is 11.4. The molecule has 0 atom stereocenters. The minimum Gasteiger partial charge on any atom is -0.491 e. The number of rotatable bonds is 5. The summed E-state index contributed by atoms with van der Waals surface area (Å²) in [5.41, 5.74) is 8.13. The number of anilines is 1. The number of nitrogens with one attached hydrogen (secondary N) is 1. The Kier molecular flexibility index (Phi) is 4.60. The molecule has 0 spiro atoms. The fraction of sp³-hybridized carbons (Fsp3) is 0.188. The van der Waals surface area contributed by atoms with E-state index in [1.165, 1.54) is 5.56 Å². The van der Waals surface area contributed by atoms with Crippen molar-refractivity contribution in [3.05, 3.63) is 59.7 Å². The maximum atomic E-state index is 11.6. The molecular weight excluding hydrogens is 252 g/mol. The summed E-state index contributed by atoms with van der Waals surface area (Å²) in [7, 11) is 1.59. The Balaban J connectivity index is 2.00. The van der Waals surface area contributed by atoms with Crippen molar-refractivity contribution < 1.29 is 9.53 Å². The molecule has 104 valence electrons. The minimum atomic E-state index is -0.155. The monoisotopic (exact) mass is 270 g/mol. The van der Waals surface area contributed by atoms with Crippen LogP contribution in [0.2, 0.25) is 0 Å². The first-order valence-electron chi connectivity index (χ1n) is 6.49. The lowest BCUT2D eigenvalue weighted by Gasteiger charge is -2.10. The highest BCUT2D eigenvalue weighted by molar-refractivity contribution is 5.95. The first-order chi connectivity index (χ1) is 9.70. The van der Waals surface area contributed by atoms with E-state index < -0.39 is 0 Å². The van der Waals surface area contributed by atoms with Gasteiger partial charge in [0, 0.05) is 19.0 Å². The Morgan fingerprint density at radius 3 is 2.65 bits per heavy atom. The number of amides is 1. The topological polar surface area (TPSA) is 64.4 Å². The molecule has 20 heavy (non-hydrogen) atoms. The van der Waals surface area contributed by atoms with Gasteiger partial charge in [-0.1, -0.05) is 30.3 Å². The molecule has 0 aliphatic carbocycles. The zero-order chi connectivity index (χ0) is 14.4. The third kappa shape index (κ3) is 3.51. The summed E-state index contributed by atoms with van der Waals surface area (Å²) in [6, 6.07) is 15.1. The van der Waals surface area contributed by atoms with Crippen LogP contribution in [0, 0.1) is 0 Å². The van der Waals surface area contributed by atoms with Gasteiger partial charge in [-0.3, -0.25) is 4.79 Å². The smallest absolute Gasteiger partial charge is 0.251 e. The summed E-state index contributed by atoms with van der Waals surface area (Å²) in [6.07, 6.45) is 0.796. The Hall–Kier alpha value is -2.49. The van der Waals surface area contributed by atoms with Crippen LogP contribution in [0.4, 0.5) is 5.69 Å². The van der Waals surface area contributed by atoms with Crippen molar-refractivity contribution in [2.75, 3.05) is 19.4 Å². The fourth-order valence-electron chi connectivity index (χ4n) is 1.87. The maximum absolute atomic E-state index is 11.6. The Bertz CT molecular complexity index is 582. The van der Waals surface area contributed by atoms with Crippen LogP contribution < -0.4 is 15.8 Å². The number of ether oxygens (including phenoxy) is 1. The molecule has 0 saturated carbocycles. The number of nitrogens with two attached hydrogens (primary N) is 1. The highest BCUT2D eigenvalue weighted by atomic mass is 16.5. The number of nitrogen functional groups attached to an aromatic ring is 1. The van der Waals surface area contributed by atoms with Crippen LogP contribution in [-0.4, -0.2) is 19.6 Å². The number of hydrogen-bond acceptors (Lipinski definition) is 3. The predicted octanol–water partition coefficient (Wildman–Crippen LogP) is 2.25. The molecule has 0 aromatic heterocycles. The molecule has 0 saturated heterocycles. The molecule has 4 heteroatoms. The second-order valence-electron chi connectivity index (χ2n) is 4.42. The third-order valence-corrected chi connectivity index (χ3v) is 2.99. The molecule has 1 amide bonds. The lowest BCUT2D eigenvalue weighted by Crippen LogP contribution is -2.18. The van der Waals surface area contributed by atoms with Crippen LogP contribution in [0.3, 0.4) is 0 Å². The van der Waals surface area contributed by atoms with Crippen molar-refractivity contribution in [1.82, 2.24) is 5.32 Å². The van der Waals surface area contributed by atoms with Crippen LogP contribution in [0.25, 0.3) is 0 Å². The number of carbonyl (C=O) groups excluding carboxylic acids is 1. The van der Waals surface area contributed by atoms with Gasteiger partial charge in [-0.05, 0) is 23.8 Å². The van der Waals surface area contributed by atoms with E-state index >= 15 is 0 Å². The van der Waals surface area contributed by atoms with Crippen molar-refractivity contribution in [2.24, 2.45) is 0 Å². The van der Waals surface area contributed by atoms with Gasteiger partial charge in [-0.2, -0.15) is 0 Å². The summed E-state index contributed by atoms with van der Waals surface area (Å²) in [5, 5.41) is 2.57. The van der Waals surface area contributed by atoms with Gasteiger partial charge in [0.1, 0.15) is 5.75 Å². The van der Waals surface area contributed by atoms with Crippen LogP contribution >= 0.6 is 0 Å². The van der Waals surface area contributed by atoms with Gasteiger partial charge < -0.3 is 15.8 Å². The largest absolute Gasteiger partial charge is 0.491 e. The molecule has 0 fully saturated rings. The Morgan fingerprint density at radius 2 is 1.95 bits per heavy atom. The van der Waals surface area contributed by atoms with Gasteiger partial charge in [0.25, 0.3) is 5.91 Å². The summed E-state index contributed by atoms with van der Waals surface area (Å²) in [5.74, 6) is 0.389. The summed E-state index contributed by atoms with van der Waals surface area (Å²) in [6.45, 7) is 0.519. The summed E-state index contributed by atoms with van der Waals surface area (Å²) >= 11 is 0. The first-order valence-corrected chi connectivity index (χ1v) is 6.49. The van der Waals surface area contributed by atoms with E-state index in [-0.39, 0.29) is 5.91 Å². The van der Waals surface area contributed by atoms with E-state index in [1.807, 2.05) is 30.3 Å². The van der Waals surface area contributed by atoms with Crippen molar-refractivity contribution >= 4 is 11.6 Å². The van der Waals surface area contributed by atoms with Gasteiger partial charge >= 0.3 is 0 Å². The van der Waals surface area contributed by atoms with Crippen LogP contribution in [0.5, 0.6) is 5.75 Å². The van der Waals surface area contributed by atoms with E-state index in [0.717, 1.165) is 6.42 Å². The van der Waals surface area contributed by atoms with Gasteiger partial charge in [-0.15, -0.1) is 0 Å². The first kappa shape index (κ1) is 13.9. The van der Waals surface area contributed by atoms with E-state index in [4.69, 9.17) is 10.5 Å². The molecule has 2 rings (SSSR count). The van der Waals surface area contributed by atoms with Crippen molar-refractivity contribution in [3.8, 4) is 5.75 Å². The fourth-order valence-corrected chi connectivity index (χ4v) is 1.87.